The van der Waals surface area contributed by atoms with Crippen LogP contribution in [0.1, 0.15) is 38.5 Å². The van der Waals surface area contributed by atoms with Crippen molar-refractivity contribution in [2.24, 2.45) is 17.1 Å². The van der Waals surface area contributed by atoms with Crippen LogP contribution in [0.15, 0.2) is 0 Å². The highest BCUT2D eigenvalue weighted by Crippen LogP contribution is 2.49. The van der Waals surface area contributed by atoms with Crippen LogP contribution in [0.5, 0.6) is 0 Å². The van der Waals surface area contributed by atoms with Crippen LogP contribution in [0.4, 0.5) is 0 Å². The first-order valence-electron chi connectivity index (χ1n) is 5.56. The molecule has 14 heavy (non-hydrogen) atoms. The SMILES string of the molecule is NC(=S)CC1(COCCC2CC2)CC1. The molecule has 2 N–H and O–H groups in total. The maximum Gasteiger partial charge on any atom is 0.0733 e. The minimum atomic E-state index is 0.343. The highest BCUT2D eigenvalue weighted by molar-refractivity contribution is 7.80. The van der Waals surface area contributed by atoms with E-state index in [-0.39, 0.29) is 0 Å². The van der Waals surface area contributed by atoms with E-state index in [2.05, 4.69) is 0 Å². The fraction of sp³-hybridized carbons (Fsp3) is 0.909. The fourth-order valence-corrected chi connectivity index (χ4v) is 2.17. The highest BCUT2D eigenvalue weighted by Gasteiger charge is 2.43. The number of rotatable bonds is 7. The van der Waals surface area contributed by atoms with Crippen LogP contribution in [0.3, 0.4) is 0 Å². The number of thiocarbonyl (C=S) groups is 1. The summed E-state index contributed by atoms with van der Waals surface area (Å²) in [6.07, 6.45) is 7.46. The van der Waals surface area contributed by atoms with Crippen LogP contribution in [0.25, 0.3) is 0 Å². The largest absolute Gasteiger partial charge is 0.393 e. The van der Waals surface area contributed by atoms with Crippen LogP contribution >= 0.6 is 12.2 Å². The molecule has 3 heteroatoms. The number of hydrogen-bond donors (Lipinski definition) is 1. The Morgan fingerprint density at radius 1 is 1.43 bits per heavy atom. The Morgan fingerprint density at radius 3 is 2.64 bits per heavy atom. The average Bonchev–Trinajstić information content (AvgIpc) is 2.93. The summed E-state index contributed by atoms with van der Waals surface area (Å²) in [7, 11) is 0. The molecule has 0 bridgehead atoms. The summed E-state index contributed by atoms with van der Waals surface area (Å²) >= 11 is 4.94. The van der Waals surface area contributed by atoms with E-state index in [1.807, 2.05) is 0 Å². The molecule has 0 unspecified atom stereocenters. The fourth-order valence-electron chi connectivity index (χ4n) is 1.86. The zero-order valence-corrected chi connectivity index (χ0v) is 9.44. The van der Waals surface area contributed by atoms with Gasteiger partial charge in [0.05, 0.1) is 11.6 Å². The number of hydrogen-bond acceptors (Lipinski definition) is 2. The lowest BCUT2D eigenvalue weighted by Crippen LogP contribution is -2.19. The molecule has 2 aliphatic rings. The summed E-state index contributed by atoms with van der Waals surface area (Å²) in [6, 6.07) is 0. The van der Waals surface area contributed by atoms with Crippen molar-refractivity contribution in [1.29, 1.82) is 0 Å². The second-order valence-electron chi connectivity index (χ2n) is 4.93. The van der Waals surface area contributed by atoms with Crippen molar-refractivity contribution in [3.8, 4) is 0 Å². The zero-order chi connectivity index (χ0) is 10.0. The van der Waals surface area contributed by atoms with Gasteiger partial charge in [0.2, 0.25) is 0 Å². The first-order valence-corrected chi connectivity index (χ1v) is 5.97. The van der Waals surface area contributed by atoms with Gasteiger partial charge in [-0.1, -0.05) is 25.1 Å². The molecule has 0 radical (unpaired) electrons. The maximum atomic E-state index is 5.70. The molecule has 80 valence electrons. The molecular formula is C11H19NOS. The molecule has 2 nitrogen and oxygen atoms in total. The molecule has 2 rings (SSSR count). The molecule has 0 amide bonds. The third-order valence-electron chi connectivity index (χ3n) is 3.28. The highest BCUT2D eigenvalue weighted by atomic mass is 32.1. The Labute approximate surface area is 91.2 Å². The zero-order valence-electron chi connectivity index (χ0n) is 8.63. The van der Waals surface area contributed by atoms with E-state index in [1.165, 1.54) is 32.1 Å². The van der Waals surface area contributed by atoms with Gasteiger partial charge >= 0.3 is 0 Å². The van der Waals surface area contributed by atoms with E-state index in [9.17, 15) is 0 Å². The molecule has 0 heterocycles. The van der Waals surface area contributed by atoms with Crippen LogP contribution in [-0.2, 0) is 4.74 Å². The van der Waals surface area contributed by atoms with Gasteiger partial charge in [-0.2, -0.15) is 0 Å². The summed E-state index contributed by atoms with van der Waals surface area (Å²) in [5.74, 6) is 0.973. The van der Waals surface area contributed by atoms with Gasteiger partial charge in [-0.25, -0.2) is 0 Å². The molecule has 2 fully saturated rings. The van der Waals surface area contributed by atoms with E-state index < -0.39 is 0 Å². The summed E-state index contributed by atoms with van der Waals surface area (Å²) < 4.78 is 5.70. The van der Waals surface area contributed by atoms with E-state index in [0.717, 1.165) is 25.6 Å². The number of nitrogens with two attached hydrogens (primary N) is 1. The second-order valence-corrected chi connectivity index (χ2v) is 5.45. The Balaban J connectivity index is 1.56. The quantitative estimate of drug-likeness (QED) is 0.520. The third-order valence-corrected chi connectivity index (χ3v) is 3.43. The molecule has 0 aromatic heterocycles. The van der Waals surface area contributed by atoms with Gasteiger partial charge < -0.3 is 10.5 Å². The Bertz CT molecular complexity index is 221. The van der Waals surface area contributed by atoms with E-state index in [0.29, 0.717) is 10.4 Å². The third kappa shape index (κ3) is 3.21. The lowest BCUT2D eigenvalue weighted by Gasteiger charge is -2.14. The summed E-state index contributed by atoms with van der Waals surface area (Å²) in [4.78, 5) is 0.647. The second kappa shape index (κ2) is 4.15. The first-order chi connectivity index (χ1) is 6.70. The van der Waals surface area contributed by atoms with Gasteiger partial charge in [0.1, 0.15) is 0 Å². The van der Waals surface area contributed by atoms with Crippen molar-refractivity contribution in [2.75, 3.05) is 13.2 Å². The van der Waals surface area contributed by atoms with E-state index in [4.69, 9.17) is 22.7 Å². The molecular weight excluding hydrogens is 194 g/mol. The molecule has 2 aliphatic carbocycles. The Hall–Kier alpha value is -0.150. The summed E-state index contributed by atoms with van der Waals surface area (Å²) in [6.45, 7) is 1.81. The predicted molar refractivity (Wildman–Crippen MR) is 61.2 cm³/mol. The van der Waals surface area contributed by atoms with Crippen molar-refractivity contribution >= 4 is 17.2 Å². The van der Waals surface area contributed by atoms with Gasteiger partial charge in [0, 0.05) is 18.4 Å². The predicted octanol–water partition coefficient (Wildman–Crippen LogP) is 2.26. The van der Waals surface area contributed by atoms with Gasteiger partial charge in [-0.05, 0) is 25.2 Å². The normalized spacial score (nSPS) is 23.4. The molecule has 2 saturated carbocycles. The van der Waals surface area contributed by atoms with Crippen molar-refractivity contribution < 1.29 is 4.74 Å². The summed E-state index contributed by atoms with van der Waals surface area (Å²) in [5, 5.41) is 0. The molecule has 0 saturated heterocycles. The minimum Gasteiger partial charge on any atom is -0.393 e. The smallest absolute Gasteiger partial charge is 0.0733 e. The summed E-state index contributed by atoms with van der Waals surface area (Å²) in [5.41, 5.74) is 5.90. The molecule has 0 aromatic carbocycles. The lowest BCUT2D eigenvalue weighted by molar-refractivity contribution is 0.0881. The van der Waals surface area contributed by atoms with Crippen molar-refractivity contribution in [2.45, 2.75) is 38.5 Å². The topological polar surface area (TPSA) is 35.2 Å². The van der Waals surface area contributed by atoms with Gasteiger partial charge in [0.25, 0.3) is 0 Å². The van der Waals surface area contributed by atoms with E-state index in [1.54, 1.807) is 0 Å². The van der Waals surface area contributed by atoms with Crippen molar-refractivity contribution in [3.63, 3.8) is 0 Å². The first kappa shape index (κ1) is 10.4. The van der Waals surface area contributed by atoms with Crippen LogP contribution < -0.4 is 5.73 Å². The monoisotopic (exact) mass is 213 g/mol. The molecule has 0 aliphatic heterocycles. The lowest BCUT2D eigenvalue weighted by atomic mass is 10.0. The van der Waals surface area contributed by atoms with Gasteiger partial charge in [-0.3, -0.25) is 0 Å². The molecule has 0 aromatic rings. The Kier molecular flexibility index (Phi) is 3.07. The Morgan fingerprint density at radius 2 is 2.14 bits per heavy atom. The van der Waals surface area contributed by atoms with Crippen LogP contribution in [0, 0.1) is 11.3 Å². The van der Waals surface area contributed by atoms with Gasteiger partial charge in [-0.15, -0.1) is 0 Å². The van der Waals surface area contributed by atoms with Crippen LogP contribution in [-0.4, -0.2) is 18.2 Å². The van der Waals surface area contributed by atoms with E-state index >= 15 is 0 Å². The molecule has 0 atom stereocenters. The van der Waals surface area contributed by atoms with Crippen LogP contribution in [0.2, 0.25) is 0 Å². The van der Waals surface area contributed by atoms with Gasteiger partial charge in [0.15, 0.2) is 0 Å². The van der Waals surface area contributed by atoms with Crippen molar-refractivity contribution in [3.05, 3.63) is 0 Å². The number of ether oxygens (including phenoxy) is 1. The molecule has 0 spiro atoms. The van der Waals surface area contributed by atoms with Crippen molar-refractivity contribution in [1.82, 2.24) is 0 Å². The maximum absolute atomic E-state index is 5.70. The standard InChI is InChI=1S/C11H19NOS/c12-10(14)7-11(4-5-11)8-13-6-3-9-1-2-9/h9H,1-8H2,(H2,12,14). The average molecular weight is 213 g/mol. The minimum absolute atomic E-state index is 0.343.